The van der Waals surface area contributed by atoms with E-state index in [0.29, 0.717) is 11.3 Å². The zero-order chi connectivity index (χ0) is 17.7. The van der Waals surface area contributed by atoms with Gasteiger partial charge in [-0.25, -0.2) is 4.79 Å². The Hall–Kier alpha value is -3.19. The van der Waals surface area contributed by atoms with Crippen molar-refractivity contribution in [2.75, 3.05) is 5.32 Å². The molecule has 2 N–H and O–H groups in total. The summed E-state index contributed by atoms with van der Waals surface area (Å²) in [6, 6.07) is 9.83. The van der Waals surface area contributed by atoms with E-state index < -0.39 is 16.8 Å². The summed E-state index contributed by atoms with van der Waals surface area (Å²) >= 11 is 5.71. The van der Waals surface area contributed by atoms with E-state index in [-0.39, 0.29) is 16.3 Å². The van der Waals surface area contributed by atoms with Gasteiger partial charge in [-0.15, -0.1) is 0 Å². The zero-order valence-electron chi connectivity index (χ0n) is 12.1. The lowest BCUT2D eigenvalue weighted by Gasteiger charge is -2.02. The van der Waals surface area contributed by atoms with Gasteiger partial charge >= 0.3 is 5.97 Å². The minimum atomic E-state index is -1.06. The molecule has 0 saturated heterocycles. The number of nitrogens with one attached hydrogen (secondary N) is 1. The Morgan fingerprint density at radius 2 is 1.83 bits per heavy atom. The minimum absolute atomic E-state index is 0.0140. The number of anilines is 1. The smallest absolute Gasteiger partial charge is 0.335 e. The molecule has 0 aliphatic carbocycles. The van der Waals surface area contributed by atoms with Crippen LogP contribution in [0.4, 0.5) is 11.4 Å². The molecule has 0 atom stereocenters. The Balaban J connectivity index is 2.06. The molecular weight excluding hydrogens is 336 g/mol. The van der Waals surface area contributed by atoms with E-state index in [4.69, 9.17) is 16.7 Å². The summed E-state index contributed by atoms with van der Waals surface area (Å²) in [7, 11) is 0. The third-order valence-electron chi connectivity index (χ3n) is 2.99. The number of amides is 1. The highest BCUT2D eigenvalue weighted by atomic mass is 35.5. The van der Waals surface area contributed by atoms with Gasteiger partial charge in [0.25, 0.3) is 5.69 Å². The number of nitro groups is 1. The van der Waals surface area contributed by atoms with E-state index in [1.165, 1.54) is 48.6 Å². The predicted octanol–water partition coefficient (Wildman–Crippen LogP) is 3.60. The summed E-state index contributed by atoms with van der Waals surface area (Å²) in [4.78, 5) is 32.8. The van der Waals surface area contributed by atoms with Crippen LogP contribution >= 0.6 is 11.6 Å². The monoisotopic (exact) mass is 346 g/mol. The van der Waals surface area contributed by atoms with Crippen LogP contribution in [0, 0.1) is 10.1 Å². The number of nitrogens with zero attached hydrogens (tertiary/aromatic N) is 1. The third-order valence-corrected chi connectivity index (χ3v) is 3.31. The van der Waals surface area contributed by atoms with Gasteiger partial charge in [0.1, 0.15) is 5.02 Å². The lowest BCUT2D eigenvalue weighted by Crippen LogP contribution is -2.08. The second-order valence-electron chi connectivity index (χ2n) is 4.67. The van der Waals surface area contributed by atoms with E-state index in [2.05, 4.69) is 5.32 Å². The number of benzene rings is 2. The lowest BCUT2D eigenvalue weighted by atomic mass is 10.2. The van der Waals surface area contributed by atoms with Gasteiger partial charge < -0.3 is 10.4 Å². The van der Waals surface area contributed by atoms with Crippen LogP contribution in [0.3, 0.4) is 0 Å². The quantitative estimate of drug-likeness (QED) is 0.488. The van der Waals surface area contributed by atoms with Gasteiger partial charge in [-0.1, -0.05) is 17.7 Å². The highest BCUT2D eigenvalue weighted by molar-refractivity contribution is 6.32. The van der Waals surface area contributed by atoms with E-state index in [0.717, 1.165) is 0 Å². The molecule has 2 rings (SSSR count). The fourth-order valence-corrected chi connectivity index (χ4v) is 2.01. The second kappa shape index (κ2) is 7.38. The van der Waals surface area contributed by atoms with Crippen molar-refractivity contribution in [2.24, 2.45) is 0 Å². The Kier molecular flexibility index (Phi) is 5.28. The Morgan fingerprint density at radius 1 is 1.17 bits per heavy atom. The van der Waals surface area contributed by atoms with Crippen LogP contribution in [-0.4, -0.2) is 21.9 Å². The number of rotatable bonds is 5. The van der Waals surface area contributed by atoms with Crippen molar-refractivity contribution < 1.29 is 19.6 Å². The summed E-state index contributed by atoms with van der Waals surface area (Å²) in [6.07, 6.45) is 2.61. The third kappa shape index (κ3) is 4.40. The number of carbonyl (C=O) groups is 2. The number of carbonyl (C=O) groups excluding carboxylic acids is 1. The summed E-state index contributed by atoms with van der Waals surface area (Å²) in [5.74, 6) is -1.52. The number of halogens is 1. The second-order valence-corrected chi connectivity index (χ2v) is 5.08. The number of hydrogen-bond donors (Lipinski definition) is 2. The van der Waals surface area contributed by atoms with E-state index in [1.807, 2.05) is 0 Å². The molecule has 0 spiro atoms. The lowest BCUT2D eigenvalue weighted by molar-refractivity contribution is -0.384. The standard InChI is InChI=1S/C16H11ClN2O5/c17-13-7-1-10(9-14(13)19(23)24)2-8-15(20)18-12-5-3-11(4-6-12)16(21)22/h1-9H,(H,18,20)(H,21,22)/b8-2+. The van der Waals surface area contributed by atoms with Gasteiger partial charge in [0.15, 0.2) is 0 Å². The molecule has 0 aromatic heterocycles. The Bertz CT molecular complexity index is 831. The fraction of sp³-hybridized carbons (Fsp3) is 0. The molecule has 0 saturated carbocycles. The number of nitro benzene ring substituents is 1. The first-order chi connectivity index (χ1) is 11.4. The van der Waals surface area contributed by atoms with E-state index in [9.17, 15) is 19.7 Å². The first kappa shape index (κ1) is 17.2. The molecule has 0 heterocycles. The van der Waals surface area contributed by atoms with Crippen molar-refractivity contribution in [1.29, 1.82) is 0 Å². The molecule has 2 aromatic rings. The molecule has 0 fully saturated rings. The van der Waals surface area contributed by atoms with Crippen molar-refractivity contribution in [3.05, 3.63) is 74.8 Å². The first-order valence-corrected chi connectivity index (χ1v) is 7.01. The van der Waals surface area contributed by atoms with Crippen molar-refractivity contribution in [3.63, 3.8) is 0 Å². The predicted molar refractivity (Wildman–Crippen MR) is 89.2 cm³/mol. The van der Waals surface area contributed by atoms with Crippen molar-refractivity contribution in [3.8, 4) is 0 Å². The van der Waals surface area contributed by atoms with Crippen molar-refractivity contribution in [1.82, 2.24) is 0 Å². The molecular formula is C16H11ClN2O5. The van der Waals surface area contributed by atoms with Crippen LogP contribution in [0.25, 0.3) is 6.08 Å². The Labute approximate surface area is 141 Å². The van der Waals surface area contributed by atoms with Gasteiger partial charge in [-0.3, -0.25) is 14.9 Å². The van der Waals surface area contributed by atoms with Gasteiger partial charge in [0.2, 0.25) is 5.91 Å². The number of hydrogen-bond acceptors (Lipinski definition) is 4. The maximum Gasteiger partial charge on any atom is 0.335 e. The molecule has 0 unspecified atom stereocenters. The fourth-order valence-electron chi connectivity index (χ4n) is 1.83. The molecule has 0 bridgehead atoms. The molecule has 24 heavy (non-hydrogen) atoms. The van der Waals surface area contributed by atoms with Crippen LogP contribution in [0.5, 0.6) is 0 Å². The topological polar surface area (TPSA) is 110 Å². The van der Waals surface area contributed by atoms with Gasteiger partial charge in [0.05, 0.1) is 10.5 Å². The van der Waals surface area contributed by atoms with E-state index in [1.54, 1.807) is 6.07 Å². The molecule has 2 aromatic carbocycles. The molecule has 0 aliphatic heterocycles. The number of aromatic carboxylic acids is 1. The zero-order valence-corrected chi connectivity index (χ0v) is 12.9. The molecule has 7 nitrogen and oxygen atoms in total. The summed E-state index contributed by atoms with van der Waals surface area (Å²) < 4.78 is 0. The molecule has 1 amide bonds. The highest BCUT2D eigenvalue weighted by Crippen LogP contribution is 2.25. The van der Waals surface area contributed by atoms with Crippen LogP contribution in [0.2, 0.25) is 5.02 Å². The van der Waals surface area contributed by atoms with Crippen LogP contribution in [0.15, 0.2) is 48.5 Å². The van der Waals surface area contributed by atoms with Crippen LogP contribution in [0.1, 0.15) is 15.9 Å². The van der Waals surface area contributed by atoms with Gasteiger partial charge in [-0.2, -0.15) is 0 Å². The average Bonchev–Trinajstić information content (AvgIpc) is 2.54. The van der Waals surface area contributed by atoms with Crippen LogP contribution in [-0.2, 0) is 4.79 Å². The maximum atomic E-state index is 11.8. The average molecular weight is 347 g/mol. The molecule has 8 heteroatoms. The largest absolute Gasteiger partial charge is 0.478 e. The molecule has 0 radical (unpaired) electrons. The minimum Gasteiger partial charge on any atom is -0.478 e. The number of carboxylic acid groups (broad SMARTS) is 1. The maximum absolute atomic E-state index is 11.8. The van der Waals surface area contributed by atoms with Crippen molar-refractivity contribution in [2.45, 2.75) is 0 Å². The van der Waals surface area contributed by atoms with Gasteiger partial charge in [-0.05, 0) is 42.0 Å². The number of carboxylic acids is 1. The summed E-state index contributed by atoms with van der Waals surface area (Å²) in [5, 5.41) is 22.2. The van der Waals surface area contributed by atoms with Crippen LogP contribution < -0.4 is 5.32 Å². The summed E-state index contributed by atoms with van der Waals surface area (Å²) in [5.41, 5.74) is 0.736. The summed E-state index contributed by atoms with van der Waals surface area (Å²) in [6.45, 7) is 0. The van der Waals surface area contributed by atoms with E-state index >= 15 is 0 Å². The highest BCUT2D eigenvalue weighted by Gasteiger charge is 2.11. The first-order valence-electron chi connectivity index (χ1n) is 6.63. The molecule has 122 valence electrons. The normalized spacial score (nSPS) is 10.5. The van der Waals surface area contributed by atoms with Crippen molar-refractivity contribution >= 4 is 40.9 Å². The SMILES string of the molecule is O=C(/C=C/c1ccc(Cl)c([N+](=O)[O-])c1)Nc1ccc(C(=O)O)cc1. The van der Waals surface area contributed by atoms with Gasteiger partial charge in [0, 0.05) is 17.8 Å². The Morgan fingerprint density at radius 3 is 2.42 bits per heavy atom. The molecule has 0 aliphatic rings.